The van der Waals surface area contributed by atoms with E-state index in [2.05, 4.69) is 6.07 Å². The minimum Gasteiger partial charge on any atom is -0.489 e. The van der Waals surface area contributed by atoms with Crippen LogP contribution < -0.4 is 14.2 Å². The minimum absolute atomic E-state index is 0.0402. The van der Waals surface area contributed by atoms with Crippen LogP contribution in [-0.4, -0.2) is 11.7 Å². The summed E-state index contributed by atoms with van der Waals surface area (Å²) in [5.74, 6) is 1.91. The molecule has 7 heteroatoms. The van der Waals surface area contributed by atoms with Gasteiger partial charge in [0, 0.05) is 12.1 Å². The minimum atomic E-state index is -0.437. The molecule has 0 bridgehead atoms. The standard InChI is InChI=1S/C23H16N2O5/c24-13-19(18-6-9-22-23(12-18)30-15-29-22)10-17-2-1-3-21(11-17)28-14-16-4-7-20(8-5-16)25(26)27/h1-12H,14-15H2/b19-10-. The molecule has 3 aromatic carbocycles. The Balaban J connectivity index is 1.49. The Morgan fingerprint density at radius 1 is 1.10 bits per heavy atom. The highest BCUT2D eigenvalue weighted by molar-refractivity contribution is 5.90. The number of nitriles is 1. The smallest absolute Gasteiger partial charge is 0.269 e. The number of hydrogen-bond acceptors (Lipinski definition) is 6. The second-order valence-electron chi connectivity index (χ2n) is 6.52. The lowest BCUT2D eigenvalue weighted by atomic mass is 10.0. The van der Waals surface area contributed by atoms with Gasteiger partial charge in [-0.2, -0.15) is 5.26 Å². The molecular formula is C23H16N2O5. The number of allylic oxidation sites excluding steroid dienone is 1. The molecule has 1 aliphatic heterocycles. The largest absolute Gasteiger partial charge is 0.489 e. The number of nitro groups is 1. The van der Waals surface area contributed by atoms with Crippen LogP contribution in [0.15, 0.2) is 66.7 Å². The summed E-state index contributed by atoms with van der Waals surface area (Å²) < 4.78 is 16.5. The SMILES string of the molecule is N#C/C(=C/c1cccc(OCc2ccc([N+](=O)[O-])cc2)c1)c1ccc2c(c1)OCO2. The highest BCUT2D eigenvalue weighted by Gasteiger charge is 2.14. The number of ether oxygens (including phenoxy) is 3. The number of rotatable bonds is 6. The van der Waals surface area contributed by atoms with Gasteiger partial charge in [-0.25, -0.2) is 0 Å². The van der Waals surface area contributed by atoms with E-state index in [1.54, 1.807) is 30.3 Å². The first kappa shape index (κ1) is 19.0. The molecule has 0 fully saturated rings. The summed E-state index contributed by atoms with van der Waals surface area (Å²) in [6.07, 6.45) is 1.77. The molecule has 0 saturated heterocycles. The van der Waals surface area contributed by atoms with E-state index in [0.29, 0.717) is 22.8 Å². The number of fused-ring (bicyclic) bond motifs is 1. The normalized spacial score (nSPS) is 12.3. The van der Waals surface area contributed by atoms with Gasteiger partial charge in [-0.15, -0.1) is 0 Å². The van der Waals surface area contributed by atoms with E-state index in [9.17, 15) is 15.4 Å². The summed E-state index contributed by atoms with van der Waals surface area (Å²) in [5, 5.41) is 20.3. The van der Waals surface area contributed by atoms with Crippen LogP contribution >= 0.6 is 0 Å². The van der Waals surface area contributed by atoms with Crippen molar-refractivity contribution in [1.82, 2.24) is 0 Å². The van der Waals surface area contributed by atoms with E-state index in [4.69, 9.17) is 14.2 Å². The van der Waals surface area contributed by atoms with E-state index in [1.807, 2.05) is 30.3 Å². The molecule has 0 saturated carbocycles. The van der Waals surface area contributed by atoms with Gasteiger partial charge >= 0.3 is 0 Å². The van der Waals surface area contributed by atoms with Gasteiger partial charge < -0.3 is 14.2 Å². The molecule has 0 aromatic heterocycles. The molecule has 1 heterocycles. The number of non-ortho nitro benzene ring substituents is 1. The molecular weight excluding hydrogens is 384 g/mol. The maximum absolute atomic E-state index is 10.7. The second-order valence-corrected chi connectivity index (χ2v) is 6.52. The Bertz CT molecular complexity index is 1160. The van der Waals surface area contributed by atoms with Crippen molar-refractivity contribution >= 4 is 17.3 Å². The summed E-state index contributed by atoms with van der Waals surface area (Å²) in [4.78, 5) is 10.3. The van der Waals surface area contributed by atoms with Gasteiger partial charge in [0.1, 0.15) is 12.4 Å². The van der Waals surface area contributed by atoms with Crippen molar-refractivity contribution < 1.29 is 19.1 Å². The van der Waals surface area contributed by atoms with E-state index in [-0.39, 0.29) is 19.1 Å². The van der Waals surface area contributed by atoms with Crippen LogP contribution in [0.1, 0.15) is 16.7 Å². The van der Waals surface area contributed by atoms with E-state index in [0.717, 1.165) is 16.7 Å². The molecule has 0 N–H and O–H groups in total. The first-order chi connectivity index (χ1) is 14.6. The molecule has 1 aliphatic rings. The van der Waals surface area contributed by atoms with Crippen molar-refractivity contribution in [2.75, 3.05) is 6.79 Å². The zero-order valence-corrected chi connectivity index (χ0v) is 15.8. The van der Waals surface area contributed by atoms with Crippen LogP contribution in [-0.2, 0) is 6.61 Å². The van der Waals surface area contributed by atoms with E-state index in [1.165, 1.54) is 12.1 Å². The van der Waals surface area contributed by atoms with Crippen molar-refractivity contribution in [1.29, 1.82) is 5.26 Å². The average molecular weight is 400 g/mol. The highest BCUT2D eigenvalue weighted by Crippen LogP contribution is 2.34. The Morgan fingerprint density at radius 2 is 1.90 bits per heavy atom. The molecule has 0 radical (unpaired) electrons. The second kappa shape index (κ2) is 8.37. The molecule has 0 spiro atoms. The molecule has 0 atom stereocenters. The van der Waals surface area contributed by atoms with Gasteiger partial charge in [0.25, 0.3) is 5.69 Å². The number of benzene rings is 3. The van der Waals surface area contributed by atoms with Crippen molar-refractivity contribution in [2.45, 2.75) is 6.61 Å². The van der Waals surface area contributed by atoms with Gasteiger partial charge in [-0.3, -0.25) is 10.1 Å². The Labute approximate surface area is 172 Å². The van der Waals surface area contributed by atoms with Crippen LogP contribution in [0.5, 0.6) is 17.2 Å². The molecule has 3 aromatic rings. The lowest BCUT2D eigenvalue weighted by Crippen LogP contribution is -1.96. The van der Waals surface area contributed by atoms with E-state index >= 15 is 0 Å². The Morgan fingerprint density at radius 3 is 2.67 bits per heavy atom. The van der Waals surface area contributed by atoms with Gasteiger partial charge in [0.2, 0.25) is 6.79 Å². The van der Waals surface area contributed by atoms with Crippen molar-refractivity contribution in [3.63, 3.8) is 0 Å². The van der Waals surface area contributed by atoms with E-state index < -0.39 is 4.92 Å². The summed E-state index contributed by atoms with van der Waals surface area (Å²) >= 11 is 0. The van der Waals surface area contributed by atoms with Crippen LogP contribution in [0.2, 0.25) is 0 Å². The quantitative estimate of drug-likeness (QED) is 0.251. The fourth-order valence-electron chi connectivity index (χ4n) is 2.99. The summed E-state index contributed by atoms with van der Waals surface area (Å²) in [6.45, 7) is 0.455. The van der Waals surface area contributed by atoms with Crippen molar-refractivity contribution in [3.8, 4) is 23.3 Å². The van der Waals surface area contributed by atoms with Crippen LogP contribution in [0.25, 0.3) is 11.6 Å². The van der Waals surface area contributed by atoms with Gasteiger partial charge in [-0.05, 0) is 65.2 Å². The van der Waals surface area contributed by atoms with Gasteiger partial charge in [-0.1, -0.05) is 12.1 Å². The number of hydrogen-bond donors (Lipinski definition) is 0. The fourth-order valence-corrected chi connectivity index (χ4v) is 2.99. The van der Waals surface area contributed by atoms with Crippen molar-refractivity contribution in [2.24, 2.45) is 0 Å². The summed E-state index contributed by atoms with van der Waals surface area (Å²) in [5.41, 5.74) is 2.89. The first-order valence-corrected chi connectivity index (χ1v) is 9.10. The predicted octanol–water partition coefficient (Wildman–Crippen LogP) is 4.97. The third-order valence-corrected chi connectivity index (χ3v) is 4.53. The topological polar surface area (TPSA) is 94.6 Å². The van der Waals surface area contributed by atoms with Crippen LogP contribution in [0, 0.1) is 21.4 Å². The van der Waals surface area contributed by atoms with Crippen molar-refractivity contribution in [3.05, 3.63) is 93.5 Å². The average Bonchev–Trinajstić information content (AvgIpc) is 3.24. The number of nitro benzene ring substituents is 1. The third kappa shape index (κ3) is 4.23. The molecule has 7 nitrogen and oxygen atoms in total. The zero-order chi connectivity index (χ0) is 20.9. The third-order valence-electron chi connectivity index (χ3n) is 4.53. The molecule has 4 rings (SSSR count). The first-order valence-electron chi connectivity index (χ1n) is 9.10. The maximum atomic E-state index is 10.7. The molecule has 30 heavy (non-hydrogen) atoms. The highest BCUT2D eigenvalue weighted by atomic mass is 16.7. The fraction of sp³-hybridized carbons (Fsp3) is 0.0870. The van der Waals surface area contributed by atoms with Gasteiger partial charge in [0.05, 0.1) is 16.6 Å². The Kier molecular flexibility index (Phi) is 5.31. The zero-order valence-electron chi connectivity index (χ0n) is 15.8. The lowest BCUT2D eigenvalue weighted by Gasteiger charge is -2.07. The molecule has 0 aliphatic carbocycles. The molecule has 0 amide bonds. The predicted molar refractivity (Wildman–Crippen MR) is 110 cm³/mol. The summed E-state index contributed by atoms with van der Waals surface area (Å²) in [7, 11) is 0. The molecule has 0 unspecified atom stereocenters. The maximum Gasteiger partial charge on any atom is 0.269 e. The van der Waals surface area contributed by atoms with Gasteiger partial charge in [0.15, 0.2) is 11.5 Å². The van der Waals surface area contributed by atoms with Crippen LogP contribution in [0.3, 0.4) is 0 Å². The monoisotopic (exact) mass is 400 g/mol. The Hall–Kier alpha value is -4.31. The molecule has 148 valence electrons. The lowest BCUT2D eigenvalue weighted by molar-refractivity contribution is -0.384. The summed E-state index contributed by atoms with van der Waals surface area (Å²) in [6, 6.07) is 21.2. The van der Waals surface area contributed by atoms with Crippen LogP contribution in [0.4, 0.5) is 5.69 Å². The number of nitrogens with zero attached hydrogens (tertiary/aromatic N) is 2.